The van der Waals surface area contributed by atoms with Crippen molar-refractivity contribution in [2.75, 3.05) is 0 Å². The van der Waals surface area contributed by atoms with Crippen LogP contribution in [-0.4, -0.2) is 6.04 Å². The van der Waals surface area contributed by atoms with E-state index in [1.54, 1.807) is 0 Å². The van der Waals surface area contributed by atoms with Crippen LogP contribution in [0.25, 0.3) is 18.2 Å². The molecule has 0 aliphatic heterocycles. The fourth-order valence-electron chi connectivity index (χ4n) is 2.08. The van der Waals surface area contributed by atoms with E-state index in [1.807, 2.05) is 19.1 Å². The predicted octanol–water partition coefficient (Wildman–Crippen LogP) is 3.26. The molecule has 0 spiro atoms. The summed E-state index contributed by atoms with van der Waals surface area (Å²) in [6.07, 6.45) is 11.2. The zero-order valence-electron chi connectivity index (χ0n) is 9.61. The van der Waals surface area contributed by atoms with Gasteiger partial charge in [0.1, 0.15) is 0 Å². The molecule has 0 amide bonds. The Labute approximate surface area is 97.0 Å². The Hall–Kier alpha value is -1.60. The molecule has 1 unspecified atom stereocenters. The van der Waals surface area contributed by atoms with Gasteiger partial charge in [0.05, 0.1) is 0 Å². The van der Waals surface area contributed by atoms with Crippen molar-refractivity contribution in [3.8, 4) is 0 Å². The van der Waals surface area contributed by atoms with Gasteiger partial charge in [-0.1, -0.05) is 43.0 Å². The molecule has 0 saturated carbocycles. The Morgan fingerprint density at radius 3 is 2.88 bits per heavy atom. The molecule has 1 aromatic rings. The molecule has 1 aromatic carbocycles. The highest BCUT2D eigenvalue weighted by atomic mass is 14.6. The van der Waals surface area contributed by atoms with E-state index >= 15 is 0 Å². The number of nitrogens with two attached hydrogens (primary N) is 1. The molecular formula is C15H17N. The van der Waals surface area contributed by atoms with Gasteiger partial charge >= 0.3 is 0 Å². The van der Waals surface area contributed by atoms with Gasteiger partial charge in [0.25, 0.3) is 0 Å². The first-order valence-corrected chi connectivity index (χ1v) is 5.60. The minimum atomic E-state index is 0.151. The average Bonchev–Trinajstić information content (AvgIpc) is 2.29. The van der Waals surface area contributed by atoms with Gasteiger partial charge in [-0.15, -0.1) is 0 Å². The molecule has 0 aromatic heterocycles. The zero-order valence-corrected chi connectivity index (χ0v) is 9.61. The second-order valence-corrected chi connectivity index (χ2v) is 4.11. The molecule has 0 radical (unpaired) electrons. The van der Waals surface area contributed by atoms with Crippen LogP contribution in [0.3, 0.4) is 0 Å². The second-order valence-electron chi connectivity index (χ2n) is 4.11. The molecule has 1 nitrogen and oxygen atoms in total. The lowest BCUT2D eigenvalue weighted by molar-refractivity contribution is 0.802. The van der Waals surface area contributed by atoms with Crippen LogP contribution in [0.15, 0.2) is 30.9 Å². The van der Waals surface area contributed by atoms with Crippen molar-refractivity contribution in [3.63, 3.8) is 0 Å². The van der Waals surface area contributed by atoms with E-state index in [0.717, 1.165) is 6.42 Å². The molecule has 1 atom stereocenters. The Morgan fingerprint density at radius 1 is 1.38 bits per heavy atom. The third kappa shape index (κ3) is 2.00. The zero-order chi connectivity index (χ0) is 11.5. The summed E-state index contributed by atoms with van der Waals surface area (Å²) in [5.41, 5.74) is 10.9. The molecule has 1 aliphatic carbocycles. The molecule has 2 N–H and O–H groups in total. The van der Waals surface area contributed by atoms with Crippen molar-refractivity contribution in [3.05, 3.63) is 53.1 Å². The molecule has 82 valence electrons. The maximum Gasteiger partial charge on any atom is 0.0268 e. The van der Waals surface area contributed by atoms with Crippen LogP contribution in [0.4, 0.5) is 0 Å². The van der Waals surface area contributed by atoms with E-state index in [0.29, 0.717) is 0 Å². The number of fused-ring (bicyclic) bond motifs is 1. The normalized spacial score (nSPS) is 18.8. The Bertz CT molecular complexity index is 467. The lowest BCUT2D eigenvalue weighted by Gasteiger charge is -2.17. The quantitative estimate of drug-likeness (QED) is 0.798. The van der Waals surface area contributed by atoms with Crippen molar-refractivity contribution >= 4 is 18.2 Å². The lowest BCUT2D eigenvalue weighted by Crippen LogP contribution is -2.22. The van der Waals surface area contributed by atoms with E-state index < -0.39 is 0 Å². The maximum atomic E-state index is 5.91. The Balaban J connectivity index is 2.54. The van der Waals surface area contributed by atoms with Crippen LogP contribution < -0.4 is 5.73 Å². The lowest BCUT2D eigenvalue weighted by atomic mass is 9.90. The minimum absolute atomic E-state index is 0.151. The SMILES string of the molecule is C=Cc1cc2c(cc1/C=C\C)C=CC(N)C2. The second kappa shape index (κ2) is 4.50. The van der Waals surface area contributed by atoms with E-state index in [2.05, 4.69) is 36.9 Å². The molecule has 1 aliphatic rings. The third-order valence-corrected chi connectivity index (χ3v) is 2.89. The predicted molar refractivity (Wildman–Crippen MR) is 72.0 cm³/mol. The summed E-state index contributed by atoms with van der Waals surface area (Å²) in [6, 6.07) is 4.55. The number of benzene rings is 1. The molecule has 0 heterocycles. The highest BCUT2D eigenvalue weighted by Crippen LogP contribution is 2.24. The molecule has 0 fully saturated rings. The van der Waals surface area contributed by atoms with E-state index in [9.17, 15) is 0 Å². The van der Waals surface area contributed by atoms with Gasteiger partial charge in [-0.25, -0.2) is 0 Å². The van der Waals surface area contributed by atoms with Gasteiger partial charge < -0.3 is 5.73 Å². The third-order valence-electron chi connectivity index (χ3n) is 2.89. The Kier molecular flexibility index (Phi) is 3.07. The fourth-order valence-corrected chi connectivity index (χ4v) is 2.08. The smallest absolute Gasteiger partial charge is 0.0268 e. The van der Waals surface area contributed by atoms with Crippen molar-refractivity contribution in [2.45, 2.75) is 19.4 Å². The van der Waals surface area contributed by atoms with E-state index in [-0.39, 0.29) is 6.04 Å². The maximum absolute atomic E-state index is 5.91. The van der Waals surface area contributed by atoms with Crippen LogP contribution in [-0.2, 0) is 6.42 Å². The summed E-state index contributed by atoms with van der Waals surface area (Å²) in [4.78, 5) is 0. The summed E-state index contributed by atoms with van der Waals surface area (Å²) >= 11 is 0. The van der Waals surface area contributed by atoms with Crippen LogP contribution >= 0.6 is 0 Å². The van der Waals surface area contributed by atoms with Crippen LogP contribution in [0.2, 0.25) is 0 Å². The number of rotatable bonds is 2. The van der Waals surface area contributed by atoms with Gasteiger partial charge in [0.15, 0.2) is 0 Å². The topological polar surface area (TPSA) is 26.0 Å². The summed E-state index contributed by atoms with van der Waals surface area (Å²) < 4.78 is 0. The van der Waals surface area contributed by atoms with Gasteiger partial charge in [0.2, 0.25) is 0 Å². The molecule has 0 saturated heterocycles. The molecule has 0 bridgehead atoms. The van der Waals surface area contributed by atoms with Crippen molar-refractivity contribution < 1.29 is 0 Å². The summed E-state index contributed by atoms with van der Waals surface area (Å²) in [5.74, 6) is 0. The van der Waals surface area contributed by atoms with Gasteiger partial charge in [-0.2, -0.15) is 0 Å². The Morgan fingerprint density at radius 2 is 2.19 bits per heavy atom. The van der Waals surface area contributed by atoms with Gasteiger partial charge in [-0.05, 0) is 41.7 Å². The first-order valence-electron chi connectivity index (χ1n) is 5.60. The van der Waals surface area contributed by atoms with Gasteiger partial charge in [-0.3, -0.25) is 0 Å². The minimum Gasteiger partial charge on any atom is -0.324 e. The molecule has 1 heteroatoms. The monoisotopic (exact) mass is 211 g/mol. The average molecular weight is 211 g/mol. The van der Waals surface area contributed by atoms with E-state index in [4.69, 9.17) is 5.73 Å². The molecule has 2 rings (SSSR count). The first kappa shape index (κ1) is 10.9. The largest absolute Gasteiger partial charge is 0.324 e. The fraction of sp³-hybridized carbons (Fsp3) is 0.200. The van der Waals surface area contributed by atoms with Crippen molar-refractivity contribution in [1.82, 2.24) is 0 Å². The highest BCUT2D eigenvalue weighted by Gasteiger charge is 2.11. The first-order chi connectivity index (χ1) is 7.74. The van der Waals surface area contributed by atoms with Crippen LogP contribution in [0.1, 0.15) is 29.2 Å². The van der Waals surface area contributed by atoms with Crippen molar-refractivity contribution in [2.24, 2.45) is 5.73 Å². The molecular weight excluding hydrogens is 194 g/mol. The van der Waals surface area contributed by atoms with Crippen molar-refractivity contribution in [1.29, 1.82) is 0 Å². The van der Waals surface area contributed by atoms with Crippen LogP contribution in [0, 0.1) is 0 Å². The standard InChI is InChI=1S/C15H17N/c1-3-5-12-9-13-6-7-15(16)10-14(13)8-11(12)4-2/h3-9,15H,2,10,16H2,1H3/b5-3-. The molecule has 16 heavy (non-hydrogen) atoms. The van der Waals surface area contributed by atoms with Crippen LogP contribution in [0.5, 0.6) is 0 Å². The summed E-state index contributed by atoms with van der Waals surface area (Å²) in [5, 5.41) is 0. The summed E-state index contributed by atoms with van der Waals surface area (Å²) in [7, 11) is 0. The highest BCUT2D eigenvalue weighted by molar-refractivity contribution is 5.71. The number of hydrogen-bond acceptors (Lipinski definition) is 1. The number of allylic oxidation sites excluding steroid dienone is 1. The van der Waals surface area contributed by atoms with Gasteiger partial charge in [0, 0.05) is 6.04 Å². The number of hydrogen-bond donors (Lipinski definition) is 1. The summed E-state index contributed by atoms with van der Waals surface area (Å²) in [6.45, 7) is 5.88. The van der Waals surface area contributed by atoms with E-state index in [1.165, 1.54) is 22.3 Å².